The van der Waals surface area contributed by atoms with Gasteiger partial charge in [-0.15, -0.1) is 0 Å². The van der Waals surface area contributed by atoms with E-state index in [1.807, 2.05) is 20.8 Å². The lowest BCUT2D eigenvalue weighted by Crippen LogP contribution is -2.56. The Labute approximate surface area is 111 Å². The van der Waals surface area contributed by atoms with Crippen LogP contribution in [0.3, 0.4) is 0 Å². The van der Waals surface area contributed by atoms with E-state index in [9.17, 15) is 8.42 Å². The van der Waals surface area contributed by atoms with Crippen LogP contribution >= 0.6 is 0 Å². The van der Waals surface area contributed by atoms with E-state index in [-0.39, 0.29) is 11.6 Å². The molecule has 0 aromatic heterocycles. The lowest BCUT2D eigenvalue weighted by molar-refractivity contribution is 0.247. The van der Waals surface area contributed by atoms with Crippen molar-refractivity contribution >= 4 is 10.2 Å². The molecule has 0 radical (unpaired) electrons. The molecule has 1 heterocycles. The van der Waals surface area contributed by atoms with Crippen LogP contribution in [0.15, 0.2) is 0 Å². The number of nitrogens with zero attached hydrogens (tertiary/aromatic N) is 1. The highest BCUT2D eigenvalue weighted by molar-refractivity contribution is 7.87. The summed E-state index contributed by atoms with van der Waals surface area (Å²) < 4.78 is 29.3. The van der Waals surface area contributed by atoms with E-state index >= 15 is 0 Å². The first kappa shape index (κ1) is 15.9. The van der Waals surface area contributed by atoms with E-state index in [2.05, 4.69) is 4.72 Å². The molecule has 3 N–H and O–H groups in total. The topological polar surface area (TPSA) is 75.4 Å². The standard InChI is InChI=1S/C12H27N3O2S/c1-4-12(3,5-2)14-18(16,17)15-9-7-6-8-11(15)10-13/h11,14H,4-10,13H2,1-3H3. The van der Waals surface area contributed by atoms with Gasteiger partial charge in [-0.1, -0.05) is 20.3 Å². The molecule has 0 spiro atoms. The summed E-state index contributed by atoms with van der Waals surface area (Å²) in [5, 5.41) is 0. The van der Waals surface area contributed by atoms with Crippen molar-refractivity contribution in [3.8, 4) is 0 Å². The van der Waals surface area contributed by atoms with Gasteiger partial charge in [0.1, 0.15) is 0 Å². The van der Waals surface area contributed by atoms with E-state index < -0.39 is 10.2 Å². The Kier molecular flexibility index (Phi) is 5.58. The molecule has 0 saturated carbocycles. The Morgan fingerprint density at radius 2 is 1.94 bits per heavy atom. The van der Waals surface area contributed by atoms with Crippen LogP contribution in [-0.2, 0) is 10.2 Å². The largest absolute Gasteiger partial charge is 0.329 e. The molecule has 108 valence electrons. The van der Waals surface area contributed by atoms with Crippen LogP contribution in [0.1, 0.15) is 52.9 Å². The van der Waals surface area contributed by atoms with Crippen molar-refractivity contribution in [3.63, 3.8) is 0 Å². The number of hydrogen-bond acceptors (Lipinski definition) is 3. The summed E-state index contributed by atoms with van der Waals surface area (Å²) >= 11 is 0. The SMILES string of the molecule is CCC(C)(CC)NS(=O)(=O)N1CCCCC1CN. The minimum atomic E-state index is -3.42. The van der Waals surface area contributed by atoms with Gasteiger partial charge in [-0.2, -0.15) is 17.4 Å². The van der Waals surface area contributed by atoms with E-state index in [1.54, 1.807) is 4.31 Å². The fourth-order valence-corrected chi connectivity index (χ4v) is 4.27. The van der Waals surface area contributed by atoms with Gasteiger partial charge in [0.25, 0.3) is 10.2 Å². The van der Waals surface area contributed by atoms with Crippen LogP contribution in [0.25, 0.3) is 0 Å². The molecule has 0 bridgehead atoms. The van der Waals surface area contributed by atoms with Crippen LogP contribution in [0.5, 0.6) is 0 Å². The van der Waals surface area contributed by atoms with Gasteiger partial charge in [-0.3, -0.25) is 0 Å². The lowest BCUT2D eigenvalue weighted by Gasteiger charge is -2.37. The second-order valence-electron chi connectivity index (χ2n) is 5.37. The zero-order valence-electron chi connectivity index (χ0n) is 11.8. The third kappa shape index (κ3) is 3.66. The fraction of sp³-hybridized carbons (Fsp3) is 1.00. The van der Waals surface area contributed by atoms with Crippen LogP contribution in [-0.4, -0.2) is 37.4 Å². The molecule has 1 unspecified atom stereocenters. The number of nitrogens with one attached hydrogen (secondary N) is 1. The lowest BCUT2D eigenvalue weighted by atomic mass is 9.98. The third-order valence-corrected chi connectivity index (χ3v) is 5.94. The maximum atomic E-state index is 12.4. The average molecular weight is 277 g/mol. The zero-order chi connectivity index (χ0) is 13.8. The van der Waals surface area contributed by atoms with Gasteiger partial charge in [0.15, 0.2) is 0 Å². The Morgan fingerprint density at radius 3 is 2.44 bits per heavy atom. The van der Waals surface area contributed by atoms with Crippen molar-refractivity contribution in [2.24, 2.45) is 5.73 Å². The molecule has 1 fully saturated rings. The molecule has 1 aliphatic heterocycles. The summed E-state index contributed by atoms with van der Waals surface area (Å²) in [5.41, 5.74) is 5.32. The molecule has 5 nitrogen and oxygen atoms in total. The first-order valence-corrected chi connectivity index (χ1v) is 8.33. The van der Waals surface area contributed by atoms with Crippen LogP contribution in [0.2, 0.25) is 0 Å². The molecule has 6 heteroatoms. The second kappa shape index (κ2) is 6.32. The number of nitrogens with two attached hydrogens (primary N) is 1. The van der Waals surface area contributed by atoms with Gasteiger partial charge in [-0.25, -0.2) is 0 Å². The molecular weight excluding hydrogens is 250 g/mol. The van der Waals surface area contributed by atoms with E-state index in [4.69, 9.17) is 5.73 Å². The van der Waals surface area contributed by atoms with E-state index in [0.29, 0.717) is 13.1 Å². The summed E-state index contributed by atoms with van der Waals surface area (Å²) in [5.74, 6) is 0. The van der Waals surface area contributed by atoms with E-state index in [1.165, 1.54) is 0 Å². The molecule has 0 aliphatic carbocycles. The molecule has 0 amide bonds. The number of hydrogen-bond donors (Lipinski definition) is 2. The van der Waals surface area contributed by atoms with Crippen molar-refractivity contribution in [1.82, 2.24) is 9.03 Å². The monoisotopic (exact) mass is 277 g/mol. The predicted octanol–water partition coefficient (Wildman–Crippen LogP) is 1.21. The molecule has 0 aromatic carbocycles. The molecule has 1 saturated heterocycles. The predicted molar refractivity (Wildman–Crippen MR) is 74.4 cm³/mol. The second-order valence-corrected chi connectivity index (χ2v) is 6.99. The van der Waals surface area contributed by atoms with Crippen molar-refractivity contribution in [1.29, 1.82) is 0 Å². The van der Waals surface area contributed by atoms with Crippen LogP contribution < -0.4 is 10.5 Å². The normalized spacial score (nSPS) is 23.2. The summed E-state index contributed by atoms with van der Waals surface area (Å²) in [6.07, 6.45) is 4.42. The Hall–Kier alpha value is -0.170. The maximum absolute atomic E-state index is 12.4. The molecular formula is C12H27N3O2S. The van der Waals surface area contributed by atoms with Crippen molar-refractivity contribution < 1.29 is 8.42 Å². The van der Waals surface area contributed by atoms with Crippen molar-refractivity contribution in [2.45, 2.75) is 64.5 Å². The van der Waals surface area contributed by atoms with Gasteiger partial charge in [-0.05, 0) is 32.6 Å². The molecule has 1 rings (SSSR count). The van der Waals surface area contributed by atoms with Gasteiger partial charge in [0, 0.05) is 24.7 Å². The smallest absolute Gasteiger partial charge is 0.280 e. The van der Waals surface area contributed by atoms with Crippen molar-refractivity contribution in [2.75, 3.05) is 13.1 Å². The first-order chi connectivity index (χ1) is 8.38. The minimum absolute atomic E-state index is 0.0470. The van der Waals surface area contributed by atoms with Crippen molar-refractivity contribution in [3.05, 3.63) is 0 Å². The third-order valence-electron chi connectivity index (χ3n) is 4.09. The van der Waals surface area contributed by atoms with Gasteiger partial charge >= 0.3 is 0 Å². The zero-order valence-corrected chi connectivity index (χ0v) is 12.6. The summed E-state index contributed by atoms with van der Waals surface area (Å²) in [6.45, 7) is 6.94. The number of piperidine rings is 1. The summed E-state index contributed by atoms with van der Waals surface area (Å²) in [7, 11) is -3.42. The quantitative estimate of drug-likeness (QED) is 0.766. The maximum Gasteiger partial charge on any atom is 0.280 e. The Balaban J connectivity index is 2.84. The minimum Gasteiger partial charge on any atom is -0.329 e. The molecule has 0 aromatic rings. The van der Waals surface area contributed by atoms with Gasteiger partial charge < -0.3 is 5.73 Å². The summed E-state index contributed by atoms with van der Waals surface area (Å²) in [6, 6.07) is -0.0470. The van der Waals surface area contributed by atoms with Crippen LogP contribution in [0.4, 0.5) is 0 Å². The highest BCUT2D eigenvalue weighted by Gasteiger charge is 2.35. The molecule has 1 aliphatic rings. The highest BCUT2D eigenvalue weighted by Crippen LogP contribution is 2.22. The molecule has 1 atom stereocenters. The Morgan fingerprint density at radius 1 is 1.33 bits per heavy atom. The van der Waals surface area contributed by atoms with E-state index in [0.717, 1.165) is 32.1 Å². The van der Waals surface area contributed by atoms with Gasteiger partial charge in [0.05, 0.1) is 0 Å². The number of rotatable bonds is 6. The fourth-order valence-electron chi connectivity index (χ4n) is 2.29. The van der Waals surface area contributed by atoms with Gasteiger partial charge in [0.2, 0.25) is 0 Å². The average Bonchev–Trinajstić information content (AvgIpc) is 2.38. The summed E-state index contributed by atoms with van der Waals surface area (Å²) in [4.78, 5) is 0. The Bertz CT molecular complexity index is 352. The highest BCUT2D eigenvalue weighted by atomic mass is 32.2. The van der Waals surface area contributed by atoms with Crippen LogP contribution in [0, 0.1) is 0 Å². The molecule has 18 heavy (non-hydrogen) atoms. The first-order valence-electron chi connectivity index (χ1n) is 6.89.